The van der Waals surface area contributed by atoms with Crippen LogP contribution in [0, 0.1) is 13.8 Å². The van der Waals surface area contributed by atoms with Crippen molar-refractivity contribution in [3.63, 3.8) is 0 Å². The molecule has 5 heteroatoms. The van der Waals surface area contributed by atoms with Crippen molar-refractivity contribution in [3.8, 4) is 11.3 Å². The fourth-order valence-electron chi connectivity index (χ4n) is 1.90. The summed E-state index contributed by atoms with van der Waals surface area (Å²) in [5.74, 6) is 0.177. The Kier molecular flexibility index (Phi) is 4.50. The van der Waals surface area contributed by atoms with Gasteiger partial charge in [0.05, 0.1) is 4.47 Å². The van der Waals surface area contributed by atoms with E-state index >= 15 is 0 Å². The highest BCUT2D eigenvalue weighted by molar-refractivity contribution is 9.11. The van der Waals surface area contributed by atoms with E-state index in [0.717, 1.165) is 31.7 Å². The van der Waals surface area contributed by atoms with Crippen LogP contribution in [-0.2, 0) is 4.79 Å². The van der Waals surface area contributed by atoms with E-state index in [9.17, 15) is 4.79 Å². The molecule has 1 aromatic carbocycles. The Morgan fingerprint density at radius 2 is 1.80 bits per heavy atom. The number of carboxylic acids is 1. The lowest BCUT2D eigenvalue weighted by molar-refractivity contribution is -0.131. The van der Waals surface area contributed by atoms with Gasteiger partial charge in [-0.2, -0.15) is 0 Å². The Hall–Kier alpha value is -1.33. The van der Waals surface area contributed by atoms with Gasteiger partial charge >= 0.3 is 5.97 Å². The smallest absolute Gasteiger partial charge is 0.328 e. The number of furan rings is 1. The average molecular weight is 400 g/mol. The number of benzene rings is 1. The molecule has 0 bridgehead atoms. The molecule has 0 fully saturated rings. The van der Waals surface area contributed by atoms with Crippen LogP contribution in [0.4, 0.5) is 0 Å². The lowest BCUT2D eigenvalue weighted by Crippen LogP contribution is -1.85. The second kappa shape index (κ2) is 5.97. The zero-order chi connectivity index (χ0) is 14.9. The van der Waals surface area contributed by atoms with Crippen LogP contribution in [0.15, 0.2) is 37.6 Å². The molecule has 0 saturated carbocycles. The summed E-state index contributed by atoms with van der Waals surface area (Å²) in [4.78, 5) is 10.5. The summed E-state index contributed by atoms with van der Waals surface area (Å²) in [6, 6.07) is 5.79. The lowest BCUT2D eigenvalue weighted by atomic mass is 10.1. The molecule has 2 rings (SSSR count). The number of halogens is 2. The third kappa shape index (κ3) is 3.22. The number of aliphatic carboxylic acids is 1. The molecule has 0 aliphatic carbocycles. The van der Waals surface area contributed by atoms with Crippen molar-refractivity contribution in [2.45, 2.75) is 13.8 Å². The summed E-state index contributed by atoms with van der Waals surface area (Å²) in [6.07, 6.45) is 2.47. The van der Waals surface area contributed by atoms with E-state index in [1.807, 2.05) is 26.0 Å². The molecular weight excluding hydrogens is 388 g/mol. The number of rotatable bonds is 3. The standard InChI is InChI=1S/C15H12Br2O3/c1-8-5-10(6-9(2)14(8)17)15-12(16)7-11(20-15)3-4-13(18)19/h3-7H,1-2H3,(H,18,19)/b4-3+. The Labute approximate surface area is 133 Å². The van der Waals surface area contributed by atoms with Gasteiger partial charge in [-0.1, -0.05) is 15.9 Å². The van der Waals surface area contributed by atoms with Gasteiger partial charge in [0.15, 0.2) is 0 Å². The average Bonchev–Trinajstić information content (AvgIpc) is 2.74. The molecule has 3 nitrogen and oxygen atoms in total. The highest BCUT2D eigenvalue weighted by Crippen LogP contribution is 2.35. The molecule has 2 aromatic rings. The van der Waals surface area contributed by atoms with E-state index in [2.05, 4.69) is 31.9 Å². The van der Waals surface area contributed by atoms with Crippen LogP contribution in [0.1, 0.15) is 16.9 Å². The highest BCUT2D eigenvalue weighted by Gasteiger charge is 2.12. The first-order valence-corrected chi connectivity index (χ1v) is 7.44. The van der Waals surface area contributed by atoms with Gasteiger partial charge in [-0.15, -0.1) is 0 Å². The lowest BCUT2D eigenvalue weighted by Gasteiger charge is -2.06. The quantitative estimate of drug-likeness (QED) is 0.722. The van der Waals surface area contributed by atoms with Crippen molar-refractivity contribution in [3.05, 3.63) is 50.1 Å². The normalized spacial score (nSPS) is 11.2. The van der Waals surface area contributed by atoms with Crippen LogP contribution in [0.5, 0.6) is 0 Å². The van der Waals surface area contributed by atoms with E-state index in [-0.39, 0.29) is 0 Å². The Morgan fingerprint density at radius 3 is 2.35 bits per heavy atom. The SMILES string of the molecule is Cc1cc(-c2oc(/C=C/C(=O)O)cc2Br)cc(C)c1Br. The van der Waals surface area contributed by atoms with Crippen molar-refractivity contribution in [2.75, 3.05) is 0 Å². The van der Waals surface area contributed by atoms with Crippen LogP contribution in [-0.4, -0.2) is 11.1 Å². The van der Waals surface area contributed by atoms with E-state index < -0.39 is 5.97 Å². The summed E-state index contributed by atoms with van der Waals surface area (Å²) < 4.78 is 7.56. The molecule has 0 aliphatic rings. The predicted octanol–water partition coefficient (Wildman–Crippen LogP) is 5.19. The third-order valence-corrected chi connectivity index (χ3v) is 4.63. The van der Waals surface area contributed by atoms with Crippen molar-refractivity contribution >= 4 is 43.9 Å². The third-order valence-electron chi connectivity index (χ3n) is 2.79. The zero-order valence-corrected chi connectivity index (χ0v) is 14.1. The van der Waals surface area contributed by atoms with Crippen molar-refractivity contribution in [1.29, 1.82) is 0 Å². The number of carbonyl (C=O) groups is 1. The minimum atomic E-state index is -1.01. The Morgan fingerprint density at radius 1 is 1.20 bits per heavy atom. The van der Waals surface area contributed by atoms with Gasteiger partial charge in [0, 0.05) is 16.1 Å². The first kappa shape index (κ1) is 15.1. The van der Waals surface area contributed by atoms with Gasteiger partial charge in [-0.05, 0) is 65.2 Å². The molecule has 0 saturated heterocycles. The van der Waals surface area contributed by atoms with E-state index in [1.165, 1.54) is 6.08 Å². The molecule has 104 valence electrons. The molecule has 1 aromatic heterocycles. The maximum absolute atomic E-state index is 10.5. The first-order chi connectivity index (χ1) is 9.38. The number of hydrogen-bond acceptors (Lipinski definition) is 2. The van der Waals surface area contributed by atoms with Gasteiger partial charge in [0.25, 0.3) is 0 Å². The van der Waals surface area contributed by atoms with Crippen LogP contribution < -0.4 is 0 Å². The summed E-state index contributed by atoms with van der Waals surface area (Å²) in [6.45, 7) is 4.03. The summed E-state index contributed by atoms with van der Waals surface area (Å²) in [5, 5.41) is 8.63. The second-order valence-electron chi connectivity index (χ2n) is 4.42. The number of carboxylic acid groups (broad SMARTS) is 1. The Bertz CT molecular complexity index is 676. The van der Waals surface area contributed by atoms with Gasteiger partial charge in [-0.3, -0.25) is 0 Å². The minimum Gasteiger partial charge on any atom is -0.478 e. The largest absolute Gasteiger partial charge is 0.478 e. The number of hydrogen-bond donors (Lipinski definition) is 1. The summed E-state index contributed by atoms with van der Waals surface area (Å²) in [5.41, 5.74) is 3.18. The predicted molar refractivity (Wildman–Crippen MR) is 85.7 cm³/mol. The summed E-state index contributed by atoms with van der Waals surface area (Å²) in [7, 11) is 0. The topological polar surface area (TPSA) is 50.4 Å². The maximum atomic E-state index is 10.5. The molecular formula is C15H12Br2O3. The Balaban J connectivity index is 2.46. The van der Waals surface area contributed by atoms with Crippen LogP contribution in [0.3, 0.4) is 0 Å². The fourth-order valence-corrected chi connectivity index (χ4v) is 2.66. The number of aryl methyl sites for hydroxylation is 2. The van der Waals surface area contributed by atoms with Crippen molar-refractivity contribution < 1.29 is 14.3 Å². The van der Waals surface area contributed by atoms with Gasteiger partial charge < -0.3 is 9.52 Å². The highest BCUT2D eigenvalue weighted by atomic mass is 79.9. The van der Waals surface area contributed by atoms with Crippen molar-refractivity contribution in [2.24, 2.45) is 0 Å². The molecule has 20 heavy (non-hydrogen) atoms. The monoisotopic (exact) mass is 398 g/mol. The zero-order valence-electron chi connectivity index (χ0n) is 10.9. The molecule has 1 N–H and O–H groups in total. The molecule has 0 radical (unpaired) electrons. The van der Waals surface area contributed by atoms with E-state index in [1.54, 1.807) is 6.07 Å². The van der Waals surface area contributed by atoms with Crippen molar-refractivity contribution in [1.82, 2.24) is 0 Å². The molecule has 0 unspecified atom stereocenters. The van der Waals surface area contributed by atoms with E-state index in [4.69, 9.17) is 9.52 Å². The molecule has 0 spiro atoms. The minimum absolute atomic E-state index is 0.493. The van der Waals surface area contributed by atoms with Gasteiger partial charge in [0.2, 0.25) is 0 Å². The summed E-state index contributed by atoms with van der Waals surface area (Å²) >= 11 is 6.97. The fraction of sp³-hybridized carbons (Fsp3) is 0.133. The van der Waals surface area contributed by atoms with Gasteiger partial charge in [-0.25, -0.2) is 4.79 Å². The van der Waals surface area contributed by atoms with Crippen LogP contribution in [0.25, 0.3) is 17.4 Å². The van der Waals surface area contributed by atoms with E-state index in [0.29, 0.717) is 11.5 Å². The first-order valence-electron chi connectivity index (χ1n) is 5.86. The maximum Gasteiger partial charge on any atom is 0.328 e. The molecule has 0 atom stereocenters. The van der Waals surface area contributed by atoms with Gasteiger partial charge in [0.1, 0.15) is 11.5 Å². The van der Waals surface area contributed by atoms with Crippen LogP contribution >= 0.6 is 31.9 Å². The van der Waals surface area contributed by atoms with Crippen LogP contribution in [0.2, 0.25) is 0 Å². The molecule has 1 heterocycles. The molecule has 0 aliphatic heterocycles. The second-order valence-corrected chi connectivity index (χ2v) is 6.07. The molecule has 0 amide bonds.